The molecule has 1 rings (SSSR count). The van der Waals surface area contributed by atoms with Crippen LogP contribution < -0.4 is 10.0 Å². The molecule has 0 saturated carbocycles. The van der Waals surface area contributed by atoms with E-state index >= 15 is 0 Å². The molecule has 0 spiro atoms. The third-order valence-electron chi connectivity index (χ3n) is 2.46. The molecule has 1 heterocycles. The number of carbonyl (C=O) groups excluding carboxylic acids is 1. The Bertz CT molecular complexity index is 563. The number of hydrogen-bond donors (Lipinski definition) is 2. The summed E-state index contributed by atoms with van der Waals surface area (Å²) < 4.78 is 27.0. The fraction of sp³-hybridized carbons (Fsp3) is 0.667. The summed E-state index contributed by atoms with van der Waals surface area (Å²) in [5.41, 5.74) is -0.640. The van der Waals surface area contributed by atoms with Crippen LogP contribution in [0, 0.1) is 0 Å². The van der Waals surface area contributed by atoms with Crippen LogP contribution in [-0.2, 0) is 14.8 Å². The molecule has 0 bridgehead atoms. The molecule has 11 heteroatoms. The number of nitrogens with one attached hydrogen (secondary N) is 2. The summed E-state index contributed by atoms with van der Waals surface area (Å²) in [4.78, 5) is 10.9. The van der Waals surface area contributed by atoms with Crippen molar-refractivity contribution in [2.45, 2.75) is 30.1 Å². The van der Waals surface area contributed by atoms with Crippen LogP contribution in [0.1, 0.15) is 20.3 Å². The summed E-state index contributed by atoms with van der Waals surface area (Å²) in [5, 5.41) is 10.7. The Morgan fingerprint density at radius 1 is 1.35 bits per heavy atom. The Hall–Kier alpha value is -0.100. The number of rotatable bonds is 7. The quantitative estimate of drug-likeness (QED) is 0.487. The maximum atomic E-state index is 12.3. The Morgan fingerprint density at radius 3 is 2.40 bits per heavy atom. The van der Waals surface area contributed by atoms with Gasteiger partial charge in [-0.25, -0.2) is 13.1 Å². The van der Waals surface area contributed by atoms with Crippen molar-refractivity contribution in [2.24, 2.45) is 0 Å². The van der Waals surface area contributed by atoms with Crippen molar-refractivity contribution in [3.63, 3.8) is 0 Å². The maximum absolute atomic E-state index is 12.3. The van der Waals surface area contributed by atoms with Crippen LogP contribution in [0.3, 0.4) is 0 Å². The summed E-state index contributed by atoms with van der Waals surface area (Å²) >= 11 is 7.43. The third-order valence-corrected chi connectivity index (χ3v) is 7.39. The second-order valence-corrected chi connectivity index (χ2v) is 8.02. The smallest absolute Gasteiger partial charge is 0.270 e. The van der Waals surface area contributed by atoms with E-state index in [1.54, 1.807) is 0 Å². The molecule has 0 aromatic carbocycles. The lowest BCUT2D eigenvalue weighted by Crippen LogP contribution is -2.50. The Labute approximate surface area is 138 Å². The maximum Gasteiger partial charge on any atom is 0.270 e. The second-order valence-electron chi connectivity index (χ2n) is 4.06. The van der Waals surface area contributed by atoms with E-state index in [-0.39, 0.29) is 15.4 Å². The number of hydrogen-bond acceptors (Lipinski definition) is 6. The highest BCUT2D eigenvalue weighted by molar-refractivity contribution is 9.09. The van der Waals surface area contributed by atoms with Gasteiger partial charge in [-0.2, -0.15) is 0 Å². The zero-order valence-corrected chi connectivity index (χ0v) is 15.6. The van der Waals surface area contributed by atoms with Gasteiger partial charge in [-0.05, 0) is 6.42 Å². The van der Waals surface area contributed by atoms with Gasteiger partial charge in [0, 0.05) is 17.6 Å². The number of nitrogens with zero attached hydrogens (tertiary/aromatic N) is 2. The Kier molecular flexibility index (Phi) is 6.51. The van der Waals surface area contributed by atoms with Crippen LogP contribution in [0.2, 0.25) is 0 Å². The summed E-state index contributed by atoms with van der Waals surface area (Å²) in [6, 6.07) is 0. The monoisotopic (exact) mass is 448 g/mol. The van der Waals surface area contributed by atoms with Gasteiger partial charge in [0.15, 0.2) is 0 Å². The van der Waals surface area contributed by atoms with Crippen LogP contribution in [0.15, 0.2) is 4.34 Å². The topological polar surface area (TPSA) is 101 Å². The minimum atomic E-state index is -3.79. The average molecular weight is 450 g/mol. The van der Waals surface area contributed by atoms with Crippen molar-refractivity contribution in [3.05, 3.63) is 0 Å². The van der Waals surface area contributed by atoms with Crippen molar-refractivity contribution in [1.82, 2.24) is 14.9 Å². The molecule has 1 amide bonds. The van der Waals surface area contributed by atoms with Crippen molar-refractivity contribution in [1.29, 1.82) is 0 Å². The number of amides is 1. The van der Waals surface area contributed by atoms with Gasteiger partial charge in [0.2, 0.25) is 15.4 Å². The number of sulfonamides is 1. The van der Waals surface area contributed by atoms with Crippen LogP contribution in [0.25, 0.3) is 0 Å². The normalized spacial score (nSPS) is 12.4. The fourth-order valence-electron chi connectivity index (χ4n) is 1.20. The van der Waals surface area contributed by atoms with Crippen molar-refractivity contribution in [2.75, 3.05) is 16.0 Å². The van der Waals surface area contributed by atoms with Gasteiger partial charge in [0.25, 0.3) is 10.0 Å². The predicted octanol–water partition coefficient (Wildman–Crippen LogP) is 1.71. The van der Waals surface area contributed by atoms with E-state index in [1.807, 2.05) is 6.92 Å². The lowest BCUT2D eigenvalue weighted by atomic mass is 10.0. The van der Waals surface area contributed by atoms with Crippen molar-refractivity contribution < 1.29 is 13.2 Å². The van der Waals surface area contributed by atoms with E-state index in [4.69, 9.17) is 0 Å². The number of halogens is 2. The molecule has 1 aromatic heterocycles. The van der Waals surface area contributed by atoms with Gasteiger partial charge in [-0.3, -0.25) is 4.79 Å². The summed E-state index contributed by atoms with van der Waals surface area (Å²) in [6.07, 6.45) is 0.597. The number of aromatic nitrogens is 2. The molecule has 0 aliphatic heterocycles. The molecule has 0 aliphatic carbocycles. The number of anilines is 1. The fourth-order valence-corrected chi connectivity index (χ4v) is 5.99. The van der Waals surface area contributed by atoms with E-state index in [9.17, 15) is 13.2 Å². The molecule has 7 nitrogen and oxygen atoms in total. The summed E-state index contributed by atoms with van der Waals surface area (Å²) in [6.45, 7) is 3.19. The summed E-state index contributed by atoms with van der Waals surface area (Å²) in [7, 11) is -3.79. The first-order valence-electron chi connectivity index (χ1n) is 5.55. The zero-order valence-electron chi connectivity index (χ0n) is 10.8. The Morgan fingerprint density at radius 2 is 1.95 bits per heavy atom. The average Bonchev–Trinajstić information content (AvgIpc) is 2.84. The van der Waals surface area contributed by atoms with Crippen LogP contribution in [0.5, 0.6) is 0 Å². The molecule has 1 aromatic rings. The predicted molar refractivity (Wildman–Crippen MR) is 85.1 cm³/mol. The van der Waals surface area contributed by atoms with Crippen molar-refractivity contribution >= 4 is 64.3 Å². The highest BCUT2D eigenvalue weighted by atomic mass is 79.9. The van der Waals surface area contributed by atoms with Gasteiger partial charge in [-0.15, -0.1) is 10.2 Å². The molecule has 0 aliphatic rings. The molecular formula is C9H14Br2N4O3S2. The molecule has 0 unspecified atom stereocenters. The van der Waals surface area contributed by atoms with E-state index in [0.29, 0.717) is 17.1 Å². The number of alkyl halides is 2. The molecule has 0 atom stereocenters. The lowest BCUT2D eigenvalue weighted by Gasteiger charge is -2.28. The van der Waals surface area contributed by atoms with Gasteiger partial charge >= 0.3 is 0 Å². The number of carbonyl (C=O) groups is 1. The molecular weight excluding hydrogens is 436 g/mol. The first-order valence-corrected chi connectivity index (χ1v) is 10.1. The van der Waals surface area contributed by atoms with Gasteiger partial charge in [-0.1, -0.05) is 50.1 Å². The molecule has 20 heavy (non-hydrogen) atoms. The third kappa shape index (κ3) is 4.45. The molecule has 114 valence electrons. The van der Waals surface area contributed by atoms with Crippen LogP contribution in [-0.4, -0.2) is 40.7 Å². The van der Waals surface area contributed by atoms with E-state index in [2.05, 4.69) is 52.1 Å². The first kappa shape index (κ1) is 18.0. The van der Waals surface area contributed by atoms with Gasteiger partial charge in [0.05, 0.1) is 5.54 Å². The highest BCUT2D eigenvalue weighted by Gasteiger charge is 2.33. The molecule has 0 fully saturated rings. The van der Waals surface area contributed by atoms with Gasteiger partial charge < -0.3 is 5.32 Å². The molecule has 0 saturated heterocycles. The molecule has 0 radical (unpaired) electrons. The zero-order chi connectivity index (χ0) is 15.4. The van der Waals surface area contributed by atoms with Crippen LogP contribution in [0.4, 0.5) is 5.13 Å². The van der Waals surface area contributed by atoms with E-state index < -0.39 is 15.6 Å². The van der Waals surface area contributed by atoms with E-state index in [1.165, 1.54) is 6.92 Å². The van der Waals surface area contributed by atoms with Gasteiger partial charge in [0.1, 0.15) is 0 Å². The lowest BCUT2D eigenvalue weighted by molar-refractivity contribution is -0.114. The first-order chi connectivity index (χ1) is 9.28. The summed E-state index contributed by atoms with van der Waals surface area (Å²) in [5.74, 6) is -0.332. The minimum Gasteiger partial charge on any atom is -0.301 e. The minimum absolute atomic E-state index is 0.151. The highest BCUT2D eigenvalue weighted by Crippen LogP contribution is 2.24. The van der Waals surface area contributed by atoms with Crippen LogP contribution >= 0.6 is 43.2 Å². The standard InChI is InChI=1S/C9H14Br2N4O3S2/c1-3-9(4-10,5-11)15-20(17,18)8-14-13-7(19-8)12-6(2)16/h15H,3-5H2,1-2H3,(H,12,13,16). The Balaban J connectivity index is 2.99. The molecule has 2 N–H and O–H groups in total. The SMILES string of the molecule is CCC(CBr)(CBr)NS(=O)(=O)c1nnc(NC(C)=O)s1. The largest absolute Gasteiger partial charge is 0.301 e. The van der Waals surface area contributed by atoms with Crippen molar-refractivity contribution in [3.8, 4) is 0 Å². The van der Waals surface area contributed by atoms with E-state index in [0.717, 1.165) is 11.3 Å². The second kappa shape index (κ2) is 7.25.